The van der Waals surface area contributed by atoms with E-state index < -0.39 is 0 Å². The third-order valence-electron chi connectivity index (χ3n) is 2.66. The first-order valence-corrected chi connectivity index (χ1v) is 7.41. The van der Waals surface area contributed by atoms with Gasteiger partial charge in [0.2, 0.25) is 0 Å². The van der Waals surface area contributed by atoms with Crippen LogP contribution in [0.3, 0.4) is 0 Å². The zero-order valence-electron chi connectivity index (χ0n) is 8.96. The lowest BCUT2D eigenvalue weighted by atomic mass is 10.0. The molecule has 0 radical (unpaired) electrons. The predicted molar refractivity (Wildman–Crippen MR) is 68.2 cm³/mol. The van der Waals surface area contributed by atoms with E-state index in [4.69, 9.17) is 4.74 Å². The molecule has 3 heteroatoms. The lowest BCUT2D eigenvalue weighted by Crippen LogP contribution is -2.31. The molecular formula is C11H20OS2. The molecule has 0 N–H and O–H groups in total. The molecule has 0 amide bonds. The zero-order chi connectivity index (χ0) is 10.3. The van der Waals surface area contributed by atoms with Gasteiger partial charge < -0.3 is 4.74 Å². The van der Waals surface area contributed by atoms with Crippen molar-refractivity contribution in [2.24, 2.45) is 0 Å². The molecule has 1 rings (SSSR count). The smallest absolute Gasteiger partial charge is 0.0873 e. The molecule has 1 atom stereocenters. The molecule has 14 heavy (non-hydrogen) atoms. The average Bonchev–Trinajstić information content (AvgIpc) is 2.26. The topological polar surface area (TPSA) is 9.23 Å². The Balaban J connectivity index is 2.25. The maximum absolute atomic E-state index is 5.16. The van der Waals surface area contributed by atoms with Crippen LogP contribution in [-0.2, 0) is 4.74 Å². The van der Waals surface area contributed by atoms with Crippen LogP contribution in [0.4, 0.5) is 0 Å². The molecule has 0 aromatic carbocycles. The second-order valence-corrected chi connectivity index (χ2v) is 6.25. The molecule has 1 unspecified atom stereocenters. The highest BCUT2D eigenvalue weighted by molar-refractivity contribution is 8.07. The molecule has 1 fully saturated rings. The SMILES string of the molecule is C=COCCCC1(CC)CSCCS1. The summed E-state index contributed by atoms with van der Waals surface area (Å²) in [5.74, 6) is 3.97. The van der Waals surface area contributed by atoms with Crippen LogP contribution >= 0.6 is 23.5 Å². The van der Waals surface area contributed by atoms with Gasteiger partial charge in [0.1, 0.15) is 0 Å². The van der Waals surface area contributed by atoms with Crippen molar-refractivity contribution < 1.29 is 4.74 Å². The summed E-state index contributed by atoms with van der Waals surface area (Å²) in [4.78, 5) is 0. The highest BCUT2D eigenvalue weighted by atomic mass is 32.2. The molecule has 0 aromatic heterocycles. The monoisotopic (exact) mass is 232 g/mol. The second kappa shape index (κ2) is 6.67. The van der Waals surface area contributed by atoms with E-state index in [9.17, 15) is 0 Å². The molecule has 0 bridgehead atoms. The average molecular weight is 232 g/mol. The molecule has 1 aliphatic heterocycles. The van der Waals surface area contributed by atoms with Crippen molar-refractivity contribution in [3.05, 3.63) is 12.8 Å². The lowest BCUT2D eigenvalue weighted by Gasteiger charge is -2.35. The van der Waals surface area contributed by atoms with Crippen molar-refractivity contribution in [2.45, 2.75) is 30.9 Å². The molecule has 1 saturated heterocycles. The summed E-state index contributed by atoms with van der Waals surface area (Å²) >= 11 is 4.27. The highest BCUT2D eigenvalue weighted by Gasteiger charge is 2.30. The Morgan fingerprint density at radius 1 is 1.50 bits per heavy atom. The third kappa shape index (κ3) is 3.77. The van der Waals surface area contributed by atoms with Crippen molar-refractivity contribution in [3.8, 4) is 0 Å². The van der Waals surface area contributed by atoms with Gasteiger partial charge >= 0.3 is 0 Å². The summed E-state index contributed by atoms with van der Waals surface area (Å²) in [6.45, 7) is 6.69. The zero-order valence-corrected chi connectivity index (χ0v) is 10.6. The largest absolute Gasteiger partial charge is 0.502 e. The van der Waals surface area contributed by atoms with E-state index in [-0.39, 0.29) is 0 Å². The van der Waals surface area contributed by atoms with Gasteiger partial charge in [0.05, 0.1) is 12.9 Å². The van der Waals surface area contributed by atoms with E-state index in [1.165, 1.54) is 30.1 Å². The summed E-state index contributed by atoms with van der Waals surface area (Å²) in [6.07, 6.45) is 5.28. The van der Waals surface area contributed by atoms with Gasteiger partial charge in [0.15, 0.2) is 0 Å². The molecule has 1 aliphatic rings. The van der Waals surface area contributed by atoms with Crippen molar-refractivity contribution in [1.29, 1.82) is 0 Å². The summed E-state index contributed by atoms with van der Waals surface area (Å²) in [5, 5.41) is 0. The van der Waals surface area contributed by atoms with Gasteiger partial charge in [-0.2, -0.15) is 23.5 Å². The van der Waals surface area contributed by atoms with Crippen LogP contribution in [0.25, 0.3) is 0 Å². The van der Waals surface area contributed by atoms with Crippen molar-refractivity contribution in [1.82, 2.24) is 0 Å². The molecule has 0 saturated carbocycles. The minimum Gasteiger partial charge on any atom is -0.502 e. The maximum Gasteiger partial charge on any atom is 0.0873 e. The standard InChI is InChI=1S/C11H20OS2/c1-3-11(6-5-7-12-4-2)10-13-8-9-14-11/h4H,2-3,5-10H2,1H3. The fraction of sp³-hybridized carbons (Fsp3) is 0.818. The van der Waals surface area contributed by atoms with E-state index >= 15 is 0 Å². The first kappa shape index (κ1) is 12.3. The Bertz CT molecular complexity index is 165. The van der Waals surface area contributed by atoms with Crippen LogP contribution in [0.5, 0.6) is 0 Å². The minimum atomic E-state index is 0.535. The number of rotatable bonds is 6. The van der Waals surface area contributed by atoms with Gasteiger partial charge in [-0.1, -0.05) is 13.5 Å². The van der Waals surface area contributed by atoms with Crippen molar-refractivity contribution in [2.75, 3.05) is 23.9 Å². The van der Waals surface area contributed by atoms with E-state index in [1.54, 1.807) is 6.26 Å². The number of thioether (sulfide) groups is 2. The Hall–Kier alpha value is 0.240. The molecule has 0 aromatic rings. The van der Waals surface area contributed by atoms with Gasteiger partial charge in [0, 0.05) is 22.0 Å². The molecular weight excluding hydrogens is 212 g/mol. The Morgan fingerprint density at radius 2 is 2.36 bits per heavy atom. The Labute approximate surface area is 96.1 Å². The van der Waals surface area contributed by atoms with E-state index in [0.29, 0.717) is 4.75 Å². The van der Waals surface area contributed by atoms with Gasteiger partial charge in [-0.15, -0.1) is 0 Å². The third-order valence-corrected chi connectivity index (χ3v) is 6.01. The van der Waals surface area contributed by atoms with Crippen LogP contribution < -0.4 is 0 Å². The van der Waals surface area contributed by atoms with Gasteiger partial charge in [-0.3, -0.25) is 0 Å². The van der Waals surface area contributed by atoms with E-state index in [2.05, 4.69) is 37.0 Å². The van der Waals surface area contributed by atoms with Crippen LogP contribution in [-0.4, -0.2) is 28.6 Å². The van der Waals surface area contributed by atoms with E-state index in [1.807, 2.05) is 0 Å². The quantitative estimate of drug-likeness (QED) is 0.512. The molecule has 1 nitrogen and oxygen atoms in total. The summed E-state index contributed by atoms with van der Waals surface area (Å²) < 4.78 is 5.70. The molecule has 1 heterocycles. The minimum absolute atomic E-state index is 0.535. The fourth-order valence-corrected chi connectivity index (χ4v) is 4.88. The van der Waals surface area contributed by atoms with Crippen LogP contribution in [0.1, 0.15) is 26.2 Å². The van der Waals surface area contributed by atoms with Crippen LogP contribution in [0, 0.1) is 0 Å². The van der Waals surface area contributed by atoms with Crippen molar-refractivity contribution >= 4 is 23.5 Å². The fourth-order valence-electron chi connectivity index (χ4n) is 1.70. The molecule has 0 aliphatic carbocycles. The highest BCUT2D eigenvalue weighted by Crippen LogP contribution is 2.40. The summed E-state index contributed by atoms with van der Waals surface area (Å²) in [7, 11) is 0. The van der Waals surface area contributed by atoms with Crippen molar-refractivity contribution in [3.63, 3.8) is 0 Å². The maximum atomic E-state index is 5.16. The van der Waals surface area contributed by atoms with Crippen LogP contribution in [0.2, 0.25) is 0 Å². The first-order valence-electron chi connectivity index (χ1n) is 5.27. The molecule has 82 valence electrons. The Kier molecular flexibility index (Phi) is 5.87. The summed E-state index contributed by atoms with van der Waals surface area (Å²) in [5.41, 5.74) is 0. The van der Waals surface area contributed by atoms with Gasteiger partial charge in [-0.25, -0.2) is 0 Å². The second-order valence-electron chi connectivity index (χ2n) is 3.58. The number of hydrogen-bond donors (Lipinski definition) is 0. The normalized spacial score (nSPS) is 27.2. The van der Waals surface area contributed by atoms with Gasteiger partial charge in [-0.05, 0) is 19.3 Å². The van der Waals surface area contributed by atoms with Gasteiger partial charge in [0.25, 0.3) is 0 Å². The van der Waals surface area contributed by atoms with E-state index in [0.717, 1.165) is 13.0 Å². The Morgan fingerprint density at radius 3 is 2.93 bits per heavy atom. The first-order chi connectivity index (χ1) is 6.83. The van der Waals surface area contributed by atoms with Crippen LogP contribution in [0.15, 0.2) is 12.8 Å². The number of hydrogen-bond acceptors (Lipinski definition) is 3. The number of ether oxygens (including phenoxy) is 1. The lowest BCUT2D eigenvalue weighted by molar-refractivity contribution is 0.238. The summed E-state index contributed by atoms with van der Waals surface area (Å²) in [6, 6.07) is 0. The predicted octanol–water partition coefficient (Wildman–Crippen LogP) is 3.56. The molecule has 0 spiro atoms.